The monoisotopic (exact) mass is 446 g/mol. The zero-order valence-electron chi connectivity index (χ0n) is 18.4. The summed E-state index contributed by atoms with van der Waals surface area (Å²) in [6, 6.07) is 20.3. The van der Waals surface area contributed by atoms with Gasteiger partial charge in [-0.05, 0) is 54.8 Å². The molecule has 4 rings (SSSR count). The van der Waals surface area contributed by atoms with E-state index in [0.29, 0.717) is 35.9 Å². The smallest absolute Gasteiger partial charge is 0.262 e. The van der Waals surface area contributed by atoms with Crippen molar-refractivity contribution >= 4 is 22.6 Å². The Hall–Kier alpha value is -3.91. The fourth-order valence-corrected chi connectivity index (χ4v) is 3.33. The van der Waals surface area contributed by atoms with Gasteiger partial charge >= 0.3 is 0 Å². The lowest BCUT2D eigenvalue weighted by Gasteiger charge is -2.14. The van der Waals surface area contributed by atoms with Crippen molar-refractivity contribution in [3.8, 4) is 17.2 Å². The van der Waals surface area contributed by atoms with Crippen molar-refractivity contribution in [1.82, 2.24) is 15.0 Å². The van der Waals surface area contributed by atoms with Crippen molar-refractivity contribution in [2.24, 2.45) is 0 Å². The number of benzene rings is 3. The molecule has 0 saturated carbocycles. The number of nitrogens with one attached hydrogen (secondary N) is 1. The first-order chi connectivity index (χ1) is 16.2. The second-order valence-corrected chi connectivity index (χ2v) is 7.44. The van der Waals surface area contributed by atoms with Crippen molar-refractivity contribution in [2.45, 2.75) is 19.8 Å². The largest absolute Gasteiger partial charge is 0.491 e. The van der Waals surface area contributed by atoms with Gasteiger partial charge in [0.15, 0.2) is 6.61 Å². The first-order valence-electron chi connectivity index (χ1n) is 10.9. The number of aliphatic hydroxyl groups excluding tert-OH is 1. The summed E-state index contributed by atoms with van der Waals surface area (Å²) in [6.45, 7) is 2.42. The summed E-state index contributed by atoms with van der Waals surface area (Å²) in [5.74, 6) is 0.767. The maximum Gasteiger partial charge on any atom is 0.262 e. The van der Waals surface area contributed by atoms with E-state index in [9.17, 15) is 9.90 Å². The lowest BCUT2D eigenvalue weighted by Crippen LogP contribution is -2.21. The number of ether oxygens (including phenoxy) is 2. The Bertz CT molecular complexity index is 1210. The predicted octanol–water partition coefficient (Wildman–Crippen LogP) is 3.76. The first-order valence-corrected chi connectivity index (χ1v) is 10.9. The van der Waals surface area contributed by atoms with Gasteiger partial charge in [-0.3, -0.25) is 4.79 Å². The Balaban J connectivity index is 1.53. The molecule has 0 spiro atoms. The van der Waals surface area contributed by atoms with Crippen LogP contribution in [0.1, 0.15) is 18.9 Å². The number of carbonyl (C=O) groups is 1. The molecule has 3 aromatic carbocycles. The summed E-state index contributed by atoms with van der Waals surface area (Å²) in [6.07, 6.45) is 1.36. The third-order valence-corrected chi connectivity index (χ3v) is 4.91. The third kappa shape index (κ3) is 5.48. The van der Waals surface area contributed by atoms with E-state index in [-0.39, 0.29) is 19.1 Å². The number of aromatic nitrogens is 3. The van der Waals surface area contributed by atoms with Gasteiger partial charge in [-0.25, -0.2) is 0 Å². The van der Waals surface area contributed by atoms with E-state index in [0.717, 1.165) is 23.0 Å². The molecule has 0 atom stereocenters. The topological polar surface area (TPSA) is 98.5 Å². The van der Waals surface area contributed by atoms with Crippen LogP contribution in [-0.2, 0) is 11.2 Å². The molecule has 1 heterocycles. The van der Waals surface area contributed by atoms with Gasteiger partial charge in [-0.2, -0.15) is 0 Å². The van der Waals surface area contributed by atoms with Crippen LogP contribution in [0.3, 0.4) is 0 Å². The molecule has 8 nitrogen and oxygen atoms in total. The normalized spacial score (nSPS) is 10.8. The molecular weight excluding hydrogens is 420 g/mol. The number of carbonyl (C=O) groups excluding carboxylic acids is 1. The van der Waals surface area contributed by atoms with Crippen LogP contribution >= 0.6 is 0 Å². The molecule has 0 bridgehead atoms. The maximum atomic E-state index is 12.6. The molecule has 0 aliphatic rings. The number of hydrogen-bond acceptors (Lipinski definition) is 6. The second kappa shape index (κ2) is 10.6. The highest BCUT2D eigenvalue weighted by molar-refractivity contribution is 5.93. The highest BCUT2D eigenvalue weighted by Gasteiger charge is 2.14. The third-order valence-electron chi connectivity index (χ3n) is 4.91. The van der Waals surface area contributed by atoms with Gasteiger partial charge in [0.2, 0.25) is 0 Å². The first kappa shape index (κ1) is 22.3. The van der Waals surface area contributed by atoms with Crippen molar-refractivity contribution in [2.75, 3.05) is 25.1 Å². The molecule has 1 amide bonds. The van der Waals surface area contributed by atoms with Gasteiger partial charge in [-0.15, -0.1) is 15.0 Å². The molecule has 0 aliphatic heterocycles. The number of hydrogen-bond donors (Lipinski definition) is 2. The van der Waals surface area contributed by atoms with Crippen molar-refractivity contribution in [3.05, 3.63) is 72.3 Å². The predicted molar refractivity (Wildman–Crippen MR) is 126 cm³/mol. The van der Waals surface area contributed by atoms with Gasteiger partial charge in [0.05, 0.1) is 12.3 Å². The summed E-state index contributed by atoms with van der Waals surface area (Å²) >= 11 is 0. The summed E-state index contributed by atoms with van der Waals surface area (Å²) < 4.78 is 11.6. The minimum atomic E-state index is -0.313. The highest BCUT2D eigenvalue weighted by atomic mass is 16.5. The Morgan fingerprint density at radius 3 is 2.42 bits per heavy atom. The minimum Gasteiger partial charge on any atom is -0.491 e. The Kier molecular flexibility index (Phi) is 7.16. The highest BCUT2D eigenvalue weighted by Crippen LogP contribution is 2.26. The van der Waals surface area contributed by atoms with Crippen molar-refractivity contribution < 1.29 is 19.4 Å². The van der Waals surface area contributed by atoms with Crippen molar-refractivity contribution in [3.63, 3.8) is 0 Å². The molecular formula is C25H26N4O4. The number of aliphatic hydroxyl groups is 1. The molecule has 0 aliphatic carbocycles. The van der Waals surface area contributed by atoms with E-state index in [1.54, 1.807) is 12.1 Å². The van der Waals surface area contributed by atoms with Gasteiger partial charge in [-0.1, -0.05) is 37.3 Å². The molecule has 0 unspecified atom stereocenters. The number of rotatable bonds is 10. The number of amides is 1. The van der Waals surface area contributed by atoms with Crippen LogP contribution in [0.25, 0.3) is 16.7 Å². The summed E-state index contributed by atoms with van der Waals surface area (Å²) in [4.78, 5) is 14.1. The van der Waals surface area contributed by atoms with Gasteiger partial charge in [0.1, 0.15) is 28.2 Å². The van der Waals surface area contributed by atoms with E-state index < -0.39 is 0 Å². The van der Waals surface area contributed by atoms with Crippen LogP contribution in [0.5, 0.6) is 11.5 Å². The van der Waals surface area contributed by atoms with Crippen LogP contribution in [-0.4, -0.2) is 45.8 Å². The standard InChI is InChI=1S/C25H26N4O4/c1-2-15-32-23-10-6-5-9-21(23)26-25(31)17-33-24-12-11-18(13-14-30)16-22(24)29-27-19-7-3-4-8-20(19)28-29/h3-12,16,30H,2,13-15,17H2,1H3,(H,26,31). The molecule has 170 valence electrons. The van der Waals surface area contributed by atoms with Crippen LogP contribution in [0.15, 0.2) is 66.7 Å². The van der Waals surface area contributed by atoms with E-state index in [1.165, 1.54) is 4.80 Å². The van der Waals surface area contributed by atoms with Crippen molar-refractivity contribution in [1.29, 1.82) is 0 Å². The lowest BCUT2D eigenvalue weighted by atomic mass is 10.1. The van der Waals surface area contributed by atoms with Crippen LogP contribution in [0.4, 0.5) is 5.69 Å². The average molecular weight is 447 g/mol. The van der Waals surface area contributed by atoms with E-state index in [1.807, 2.05) is 61.5 Å². The van der Waals surface area contributed by atoms with Gasteiger partial charge in [0, 0.05) is 6.61 Å². The number of fused-ring (bicyclic) bond motifs is 1. The minimum absolute atomic E-state index is 0.0239. The number of anilines is 1. The van der Waals surface area contributed by atoms with Gasteiger partial charge in [0.25, 0.3) is 5.91 Å². The fraction of sp³-hybridized carbons (Fsp3) is 0.240. The lowest BCUT2D eigenvalue weighted by molar-refractivity contribution is -0.118. The van der Waals surface area contributed by atoms with Crippen LogP contribution < -0.4 is 14.8 Å². The summed E-state index contributed by atoms with van der Waals surface area (Å²) in [7, 11) is 0. The zero-order chi connectivity index (χ0) is 23.0. The molecule has 0 saturated heterocycles. The molecule has 1 aromatic heterocycles. The van der Waals surface area contributed by atoms with E-state index in [4.69, 9.17) is 9.47 Å². The molecule has 0 fully saturated rings. The molecule has 4 aromatic rings. The summed E-state index contributed by atoms with van der Waals surface area (Å²) in [5, 5.41) is 21.2. The zero-order valence-corrected chi connectivity index (χ0v) is 18.4. The number of para-hydroxylation sites is 2. The Morgan fingerprint density at radius 2 is 1.70 bits per heavy atom. The molecule has 8 heteroatoms. The van der Waals surface area contributed by atoms with Gasteiger partial charge < -0.3 is 19.9 Å². The quantitative estimate of drug-likeness (QED) is 0.385. The Morgan fingerprint density at radius 1 is 0.970 bits per heavy atom. The summed E-state index contributed by atoms with van der Waals surface area (Å²) in [5.41, 5.74) is 3.59. The molecule has 2 N–H and O–H groups in total. The van der Waals surface area contributed by atoms with Crippen LogP contribution in [0, 0.1) is 0 Å². The fourth-order valence-electron chi connectivity index (χ4n) is 3.33. The Labute approximate surface area is 191 Å². The van der Waals surface area contributed by atoms with E-state index in [2.05, 4.69) is 15.5 Å². The number of nitrogens with zero attached hydrogens (tertiary/aromatic N) is 3. The van der Waals surface area contributed by atoms with E-state index >= 15 is 0 Å². The van der Waals surface area contributed by atoms with Crippen LogP contribution in [0.2, 0.25) is 0 Å². The average Bonchev–Trinajstić information content (AvgIpc) is 3.27. The SMILES string of the molecule is CCCOc1ccccc1NC(=O)COc1ccc(CCO)cc1-n1nc2ccccc2n1. The maximum absolute atomic E-state index is 12.6. The molecule has 0 radical (unpaired) electrons. The second-order valence-electron chi connectivity index (χ2n) is 7.44. The molecule has 33 heavy (non-hydrogen) atoms.